The zero-order chi connectivity index (χ0) is 17.5. The molecule has 1 aliphatic rings. The molecule has 0 radical (unpaired) electrons. The van der Waals surface area contributed by atoms with Crippen LogP contribution in [0.2, 0.25) is 5.02 Å². The maximum atomic E-state index is 12.6. The topological polar surface area (TPSA) is 87.8 Å². The van der Waals surface area contributed by atoms with E-state index in [2.05, 4.69) is 10.3 Å². The van der Waals surface area contributed by atoms with Crippen LogP contribution in [0.3, 0.4) is 0 Å². The van der Waals surface area contributed by atoms with Gasteiger partial charge in [0.15, 0.2) is 5.84 Å². The molecule has 122 valence electrons. The summed E-state index contributed by atoms with van der Waals surface area (Å²) in [7, 11) is 1.76. The van der Waals surface area contributed by atoms with Gasteiger partial charge in [0.2, 0.25) is 12.3 Å². The standard InChI is InChI=1S/C16H14ClN3O.Al.H2O.O/c1-18-15-10-20(21)16(11-5-3-2-4-6-11)13-9-12(17)7-8-14(13)19-15;;;/h2-9H,10H2,1H3,(H,18,19);;1H2;/q;+1;;/p-1. The summed E-state index contributed by atoms with van der Waals surface area (Å²) in [6, 6.07) is 15.0. The molecular formula is C16H15AlClN3O3. The molecule has 0 bridgehead atoms. The fourth-order valence-electron chi connectivity index (χ4n) is 2.36. The van der Waals surface area contributed by atoms with Gasteiger partial charge in [-0.15, -0.1) is 0 Å². The van der Waals surface area contributed by atoms with Gasteiger partial charge in [-0.2, -0.15) is 4.74 Å². The summed E-state index contributed by atoms with van der Waals surface area (Å²) in [5, 5.41) is 16.1. The van der Waals surface area contributed by atoms with E-state index in [4.69, 9.17) is 19.6 Å². The molecule has 1 aliphatic heterocycles. The molecule has 0 unspecified atom stereocenters. The third-order valence-corrected chi connectivity index (χ3v) is 3.58. The Kier molecular flexibility index (Phi) is 6.50. The number of hydroxylamine groups is 1. The van der Waals surface area contributed by atoms with Crippen molar-refractivity contribution in [2.75, 3.05) is 13.6 Å². The van der Waals surface area contributed by atoms with E-state index in [1.165, 1.54) is 0 Å². The van der Waals surface area contributed by atoms with Gasteiger partial charge in [0, 0.05) is 17.6 Å². The second-order valence-corrected chi connectivity index (χ2v) is 5.47. The molecule has 0 saturated heterocycles. The first kappa shape index (κ1) is 18.1. The Morgan fingerprint density at radius 2 is 1.96 bits per heavy atom. The second-order valence-electron chi connectivity index (χ2n) is 4.83. The number of benzene rings is 2. The number of hydrogen-bond donors (Lipinski definition) is 2. The van der Waals surface area contributed by atoms with Crippen LogP contribution >= 0.6 is 11.6 Å². The minimum absolute atomic E-state index is 0.174. The van der Waals surface area contributed by atoms with Crippen LogP contribution in [0.25, 0.3) is 0 Å². The normalized spacial score (nSPS) is 12.8. The third-order valence-electron chi connectivity index (χ3n) is 3.35. The molecule has 0 amide bonds. The van der Waals surface area contributed by atoms with Crippen LogP contribution in [0, 0.1) is 5.21 Å². The van der Waals surface area contributed by atoms with Gasteiger partial charge in [0.05, 0.1) is 11.3 Å². The molecule has 0 fully saturated rings. The fourth-order valence-corrected chi connectivity index (χ4v) is 2.53. The van der Waals surface area contributed by atoms with Gasteiger partial charge in [-0.05, 0) is 30.3 Å². The molecule has 2 aromatic carbocycles. The Hall–Kier alpha value is -2.20. The van der Waals surface area contributed by atoms with Crippen LogP contribution in [0.1, 0.15) is 11.1 Å². The Bertz CT molecular complexity index is 794. The van der Waals surface area contributed by atoms with Gasteiger partial charge >= 0.3 is 23.4 Å². The van der Waals surface area contributed by atoms with E-state index >= 15 is 0 Å². The quantitative estimate of drug-likeness (QED) is 0.462. The monoisotopic (exact) mass is 359 g/mol. The first-order chi connectivity index (χ1) is 11.6. The van der Waals surface area contributed by atoms with Gasteiger partial charge in [0.25, 0.3) is 0 Å². The number of rotatable bonds is 1. The number of nitrogens with zero attached hydrogens (tertiary/aromatic N) is 2. The first-order valence-corrected chi connectivity index (χ1v) is 8.47. The number of hydrogen-bond acceptors (Lipinski definition) is 4. The van der Waals surface area contributed by atoms with Gasteiger partial charge in [-0.25, -0.2) is 4.99 Å². The molecule has 8 heteroatoms. The molecule has 3 rings (SSSR count). The summed E-state index contributed by atoms with van der Waals surface area (Å²) in [6.45, 7) is 0.174. The van der Waals surface area contributed by atoms with Crippen molar-refractivity contribution in [1.29, 1.82) is 0 Å². The second kappa shape index (κ2) is 8.60. The summed E-state index contributed by atoms with van der Waals surface area (Å²) in [6.07, 6.45) is 0. The molecule has 0 spiro atoms. The Balaban J connectivity index is 0.000000647. The Morgan fingerprint density at radius 1 is 1.29 bits per heavy atom. The van der Waals surface area contributed by atoms with Crippen molar-refractivity contribution >= 4 is 44.3 Å². The summed E-state index contributed by atoms with van der Waals surface area (Å²) in [5.41, 5.74) is 2.92. The molecule has 0 aromatic heterocycles. The predicted molar refractivity (Wildman–Crippen MR) is 94.4 cm³/mol. The van der Waals surface area contributed by atoms with Crippen molar-refractivity contribution < 1.29 is 12.7 Å². The molecule has 0 saturated carbocycles. The van der Waals surface area contributed by atoms with Crippen molar-refractivity contribution in [3.8, 4) is 0 Å². The predicted octanol–water partition coefficient (Wildman–Crippen LogP) is 1.89. The van der Waals surface area contributed by atoms with Crippen molar-refractivity contribution in [3.05, 3.63) is 69.9 Å². The minimum atomic E-state index is -1.50. The SMILES string of the molecule is CNC1=Nc2ccc(Cl)cc2C(c2ccccc2)=[N+]([O-])C1.[O]=[Al][OH]. The summed E-state index contributed by atoms with van der Waals surface area (Å²) in [5.74, 6) is 0.625. The van der Waals surface area contributed by atoms with Gasteiger partial charge < -0.3 is 10.5 Å². The van der Waals surface area contributed by atoms with Crippen LogP contribution in [0.5, 0.6) is 0 Å². The van der Waals surface area contributed by atoms with Crippen LogP contribution in [0.4, 0.5) is 5.69 Å². The van der Waals surface area contributed by atoms with E-state index in [0.717, 1.165) is 21.6 Å². The van der Waals surface area contributed by atoms with Crippen LogP contribution in [-0.4, -0.2) is 49.5 Å². The van der Waals surface area contributed by atoms with E-state index in [1.807, 2.05) is 36.4 Å². The van der Waals surface area contributed by atoms with Gasteiger partial charge in [0.1, 0.15) is 0 Å². The van der Waals surface area contributed by atoms with Crippen LogP contribution in [0.15, 0.2) is 53.5 Å². The van der Waals surface area contributed by atoms with Crippen molar-refractivity contribution in [1.82, 2.24) is 5.32 Å². The number of amidine groups is 1. The van der Waals surface area contributed by atoms with Gasteiger partial charge in [-0.1, -0.05) is 29.8 Å². The Labute approximate surface area is 151 Å². The average Bonchev–Trinajstić information content (AvgIpc) is 2.71. The number of fused-ring (bicyclic) bond motifs is 1. The van der Waals surface area contributed by atoms with Crippen molar-refractivity contribution in [3.63, 3.8) is 0 Å². The summed E-state index contributed by atoms with van der Waals surface area (Å²) in [4.78, 5) is 4.51. The van der Waals surface area contributed by atoms with E-state index in [1.54, 1.807) is 19.2 Å². The number of halogens is 1. The van der Waals surface area contributed by atoms with E-state index in [0.29, 0.717) is 16.6 Å². The van der Waals surface area contributed by atoms with E-state index < -0.39 is 15.5 Å². The average molecular weight is 360 g/mol. The van der Waals surface area contributed by atoms with Gasteiger partial charge in [-0.3, -0.25) is 0 Å². The summed E-state index contributed by atoms with van der Waals surface area (Å²) >= 11 is 4.60. The zero-order valence-electron chi connectivity index (χ0n) is 12.9. The van der Waals surface area contributed by atoms with Crippen molar-refractivity contribution in [2.45, 2.75) is 0 Å². The fraction of sp³-hybridized carbons (Fsp3) is 0.125. The van der Waals surface area contributed by atoms with E-state index in [9.17, 15) is 5.21 Å². The molecule has 1 heterocycles. The maximum absolute atomic E-state index is 12.6. The van der Waals surface area contributed by atoms with Crippen LogP contribution in [-0.2, 0) is 3.80 Å². The van der Waals surface area contributed by atoms with Crippen molar-refractivity contribution in [2.24, 2.45) is 4.99 Å². The number of likely N-dealkylation sites (N-methyl/N-ethyl adjacent to an activating group) is 1. The molecule has 0 atom stereocenters. The van der Waals surface area contributed by atoms with E-state index in [-0.39, 0.29) is 6.54 Å². The Morgan fingerprint density at radius 3 is 2.58 bits per heavy atom. The number of nitrogens with one attached hydrogen (secondary N) is 1. The molecule has 2 aromatic rings. The van der Waals surface area contributed by atoms with Crippen LogP contribution < -0.4 is 5.32 Å². The first-order valence-electron chi connectivity index (χ1n) is 7.10. The zero-order valence-corrected chi connectivity index (χ0v) is 14.8. The molecule has 6 nitrogen and oxygen atoms in total. The third kappa shape index (κ3) is 4.21. The molecular weight excluding hydrogens is 345 g/mol. The number of aliphatic imine (C=N–C) groups is 1. The molecule has 24 heavy (non-hydrogen) atoms. The molecule has 2 N–H and O–H groups in total. The summed E-state index contributed by atoms with van der Waals surface area (Å²) < 4.78 is 16.6. The molecule has 0 aliphatic carbocycles.